The zero-order valence-electron chi connectivity index (χ0n) is 14.7. The fourth-order valence-electron chi connectivity index (χ4n) is 2.46. The van der Waals surface area contributed by atoms with Gasteiger partial charge in [0.2, 0.25) is 5.91 Å². The molecule has 0 bridgehead atoms. The van der Waals surface area contributed by atoms with Crippen molar-refractivity contribution in [2.24, 2.45) is 5.92 Å². The Balaban J connectivity index is 1.65. The number of carbonyl (C=O) groups is 2. The SMILES string of the molecule is O=C(NNc1ccc(C(F)(F)F)cc1[N+](=O)[O-])c1ccc(NC(=O)C2CC2)cc1. The van der Waals surface area contributed by atoms with E-state index in [1.807, 2.05) is 0 Å². The third kappa shape index (κ3) is 5.00. The maximum atomic E-state index is 12.7. The summed E-state index contributed by atoms with van der Waals surface area (Å²) in [4.78, 5) is 33.9. The average Bonchev–Trinajstić information content (AvgIpc) is 3.51. The van der Waals surface area contributed by atoms with E-state index in [9.17, 15) is 32.9 Å². The van der Waals surface area contributed by atoms with E-state index < -0.39 is 28.3 Å². The number of amides is 2. The molecule has 0 aromatic heterocycles. The number of carbonyl (C=O) groups excluding carboxylic acids is 2. The second-order valence-corrected chi connectivity index (χ2v) is 6.41. The summed E-state index contributed by atoms with van der Waals surface area (Å²) in [7, 11) is 0. The minimum absolute atomic E-state index is 0.0294. The molecule has 11 heteroatoms. The topological polar surface area (TPSA) is 113 Å². The summed E-state index contributed by atoms with van der Waals surface area (Å²) in [6, 6.07) is 7.81. The Morgan fingerprint density at radius 1 is 1.07 bits per heavy atom. The molecule has 0 unspecified atom stereocenters. The average molecular weight is 408 g/mol. The lowest BCUT2D eigenvalue weighted by atomic mass is 10.1. The van der Waals surface area contributed by atoms with Crippen LogP contribution in [0.15, 0.2) is 42.5 Å². The summed E-state index contributed by atoms with van der Waals surface area (Å²) in [5.41, 5.74) is 2.84. The molecule has 0 aliphatic heterocycles. The van der Waals surface area contributed by atoms with Crippen molar-refractivity contribution < 1.29 is 27.7 Å². The third-order valence-corrected chi connectivity index (χ3v) is 4.20. The van der Waals surface area contributed by atoms with Crippen LogP contribution < -0.4 is 16.2 Å². The van der Waals surface area contributed by atoms with Gasteiger partial charge in [0.1, 0.15) is 5.69 Å². The Morgan fingerprint density at radius 3 is 2.28 bits per heavy atom. The molecule has 152 valence electrons. The highest BCUT2D eigenvalue weighted by Crippen LogP contribution is 2.34. The number of anilines is 2. The first-order chi connectivity index (χ1) is 13.6. The van der Waals surface area contributed by atoms with Gasteiger partial charge in [-0.05, 0) is 49.2 Å². The van der Waals surface area contributed by atoms with Gasteiger partial charge in [0.05, 0.1) is 10.5 Å². The molecule has 1 aliphatic rings. The highest BCUT2D eigenvalue weighted by molar-refractivity contribution is 5.97. The summed E-state index contributed by atoms with van der Waals surface area (Å²) < 4.78 is 38.2. The van der Waals surface area contributed by atoms with Gasteiger partial charge in [-0.15, -0.1) is 0 Å². The molecule has 2 aromatic rings. The van der Waals surface area contributed by atoms with Crippen molar-refractivity contribution in [2.45, 2.75) is 19.0 Å². The van der Waals surface area contributed by atoms with Gasteiger partial charge in [-0.1, -0.05) is 0 Å². The van der Waals surface area contributed by atoms with E-state index in [-0.39, 0.29) is 23.1 Å². The zero-order valence-corrected chi connectivity index (χ0v) is 14.7. The van der Waals surface area contributed by atoms with Gasteiger partial charge >= 0.3 is 6.18 Å². The smallest absolute Gasteiger partial charge is 0.326 e. The van der Waals surface area contributed by atoms with Crippen molar-refractivity contribution in [2.75, 3.05) is 10.7 Å². The van der Waals surface area contributed by atoms with Crippen LogP contribution in [-0.2, 0) is 11.0 Å². The first-order valence-corrected chi connectivity index (χ1v) is 8.48. The number of nitrogens with zero attached hydrogens (tertiary/aromatic N) is 1. The zero-order chi connectivity index (χ0) is 21.2. The lowest BCUT2D eigenvalue weighted by Gasteiger charge is -2.12. The van der Waals surface area contributed by atoms with Gasteiger partial charge in [-0.2, -0.15) is 13.2 Å². The highest BCUT2D eigenvalue weighted by atomic mass is 19.4. The lowest BCUT2D eigenvalue weighted by Crippen LogP contribution is -2.29. The molecule has 3 N–H and O–H groups in total. The first-order valence-electron chi connectivity index (χ1n) is 8.48. The Labute approximate surface area is 162 Å². The molecule has 1 fully saturated rings. The van der Waals surface area contributed by atoms with Crippen molar-refractivity contribution >= 4 is 28.9 Å². The Bertz CT molecular complexity index is 957. The molecule has 2 amide bonds. The number of rotatable bonds is 6. The number of nitro groups is 1. The summed E-state index contributed by atoms with van der Waals surface area (Å²) in [6.07, 6.45) is -3.02. The van der Waals surface area contributed by atoms with E-state index >= 15 is 0 Å². The van der Waals surface area contributed by atoms with Crippen LogP contribution >= 0.6 is 0 Å². The van der Waals surface area contributed by atoms with E-state index in [2.05, 4.69) is 16.2 Å². The normalized spacial score (nSPS) is 13.5. The Hall–Kier alpha value is -3.63. The predicted octanol–water partition coefficient (Wildman–Crippen LogP) is 3.72. The van der Waals surface area contributed by atoms with Crippen molar-refractivity contribution in [1.82, 2.24) is 5.43 Å². The quantitative estimate of drug-likeness (QED) is 0.498. The fraction of sp³-hybridized carbons (Fsp3) is 0.222. The van der Waals surface area contributed by atoms with E-state index in [0.717, 1.165) is 18.9 Å². The molecule has 29 heavy (non-hydrogen) atoms. The van der Waals surface area contributed by atoms with Crippen LogP contribution in [0.5, 0.6) is 0 Å². The molecule has 8 nitrogen and oxygen atoms in total. The maximum Gasteiger partial charge on any atom is 0.416 e. The maximum absolute atomic E-state index is 12.7. The summed E-state index contributed by atoms with van der Waals surface area (Å²) >= 11 is 0. The number of halogens is 3. The molecule has 1 aliphatic carbocycles. The molecule has 2 aromatic carbocycles. The van der Waals surface area contributed by atoms with Gasteiger partial charge in [-0.3, -0.25) is 30.6 Å². The lowest BCUT2D eigenvalue weighted by molar-refractivity contribution is -0.384. The van der Waals surface area contributed by atoms with Crippen LogP contribution in [-0.4, -0.2) is 16.7 Å². The van der Waals surface area contributed by atoms with E-state index in [4.69, 9.17) is 0 Å². The molecule has 0 spiro atoms. The fourth-order valence-corrected chi connectivity index (χ4v) is 2.46. The number of alkyl halides is 3. The molecule has 1 saturated carbocycles. The molecular formula is C18H15F3N4O4. The number of nitro benzene ring substituents is 1. The second kappa shape index (κ2) is 7.78. The van der Waals surface area contributed by atoms with Crippen LogP contribution in [0.25, 0.3) is 0 Å². The highest BCUT2D eigenvalue weighted by Gasteiger charge is 2.33. The van der Waals surface area contributed by atoms with Crippen LogP contribution in [0.4, 0.5) is 30.2 Å². The van der Waals surface area contributed by atoms with E-state index in [1.165, 1.54) is 24.3 Å². The van der Waals surface area contributed by atoms with Crippen LogP contribution in [0.3, 0.4) is 0 Å². The summed E-state index contributed by atoms with van der Waals surface area (Å²) in [5.74, 6) is -0.723. The number of hydrazine groups is 1. The summed E-state index contributed by atoms with van der Waals surface area (Å²) in [5, 5.41) is 13.8. The van der Waals surface area contributed by atoms with Crippen LogP contribution in [0.2, 0.25) is 0 Å². The molecule has 0 atom stereocenters. The monoisotopic (exact) mass is 408 g/mol. The Kier molecular flexibility index (Phi) is 5.39. The predicted molar refractivity (Wildman–Crippen MR) is 97.0 cm³/mol. The minimum Gasteiger partial charge on any atom is -0.326 e. The van der Waals surface area contributed by atoms with Gasteiger partial charge in [-0.25, -0.2) is 0 Å². The number of hydrogen-bond donors (Lipinski definition) is 3. The number of benzene rings is 2. The number of hydrogen-bond acceptors (Lipinski definition) is 5. The van der Waals surface area contributed by atoms with Gasteiger partial charge in [0, 0.05) is 23.2 Å². The Morgan fingerprint density at radius 2 is 1.72 bits per heavy atom. The second-order valence-electron chi connectivity index (χ2n) is 6.41. The van der Waals surface area contributed by atoms with Gasteiger partial charge < -0.3 is 5.32 Å². The van der Waals surface area contributed by atoms with E-state index in [0.29, 0.717) is 17.8 Å². The molecule has 0 saturated heterocycles. The third-order valence-electron chi connectivity index (χ3n) is 4.20. The van der Waals surface area contributed by atoms with Crippen LogP contribution in [0, 0.1) is 16.0 Å². The number of nitrogens with one attached hydrogen (secondary N) is 3. The van der Waals surface area contributed by atoms with Crippen molar-refractivity contribution in [3.8, 4) is 0 Å². The van der Waals surface area contributed by atoms with Crippen LogP contribution in [0.1, 0.15) is 28.8 Å². The van der Waals surface area contributed by atoms with Crippen molar-refractivity contribution in [1.29, 1.82) is 0 Å². The standard InChI is InChI=1S/C18H15F3N4O4/c19-18(20,21)12-5-8-14(15(9-12)25(28)29)23-24-17(27)11-3-6-13(7-4-11)22-16(26)10-1-2-10/h3-10,23H,1-2H2,(H,22,26)(H,24,27). The minimum atomic E-state index is -4.73. The largest absolute Gasteiger partial charge is 0.416 e. The van der Waals surface area contributed by atoms with Crippen molar-refractivity contribution in [3.63, 3.8) is 0 Å². The molecular weight excluding hydrogens is 393 g/mol. The molecule has 0 radical (unpaired) electrons. The molecule has 0 heterocycles. The molecule has 3 rings (SSSR count). The van der Waals surface area contributed by atoms with E-state index in [1.54, 1.807) is 0 Å². The van der Waals surface area contributed by atoms with Crippen molar-refractivity contribution in [3.05, 3.63) is 63.7 Å². The first kappa shape index (κ1) is 20.1. The summed E-state index contributed by atoms with van der Waals surface area (Å²) in [6.45, 7) is 0. The van der Waals surface area contributed by atoms with Gasteiger partial charge in [0.15, 0.2) is 0 Å². The van der Waals surface area contributed by atoms with Gasteiger partial charge in [0.25, 0.3) is 11.6 Å².